The second-order valence-electron chi connectivity index (χ2n) is 2.16. The first-order valence-corrected chi connectivity index (χ1v) is 4.15. The number of nitrogens with zero attached hydrogens (tertiary/aromatic N) is 2. The van der Waals surface area contributed by atoms with Crippen LogP contribution in [-0.2, 0) is 0 Å². The zero-order chi connectivity index (χ0) is 7.84. The first-order chi connectivity index (χ1) is 5.29. The van der Waals surface area contributed by atoms with Gasteiger partial charge in [-0.05, 0) is 12.1 Å². The molecule has 0 aromatic carbocycles. The number of halogens is 2. The van der Waals surface area contributed by atoms with Crippen molar-refractivity contribution in [3.63, 3.8) is 0 Å². The second-order valence-corrected chi connectivity index (χ2v) is 3.28. The number of hydrogen-bond acceptors (Lipinski definition) is 1. The van der Waals surface area contributed by atoms with Crippen molar-refractivity contribution in [1.29, 1.82) is 0 Å². The summed E-state index contributed by atoms with van der Waals surface area (Å²) in [4.78, 5) is 3.95. The molecular weight excluding hydrogens is 227 g/mol. The van der Waals surface area contributed by atoms with Crippen molar-refractivity contribution in [2.75, 3.05) is 0 Å². The van der Waals surface area contributed by atoms with E-state index < -0.39 is 0 Å². The third kappa shape index (κ3) is 1.04. The van der Waals surface area contributed by atoms with E-state index in [1.165, 1.54) is 0 Å². The molecule has 0 radical (unpaired) electrons. The Kier molecular flexibility index (Phi) is 1.62. The molecule has 2 heterocycles. The van der Waals surface area contributed by atoms with Gasteiger partial charge in [-0.1, -0.05) is 11.6 Å². The van der Waals surface area contributed by atoms with E-state index in [4.69, 9.17) is 11.6 Å². The van der Waals surface area contributed by atoms with Gasteiger partial charge in [-0.2, -0.15) is 0 Å². The van der Waals surface area contributed by atoms with Crippen LogP contribution < -0.4 is 0 Å². The largest absolute Gasteiger partial charge is 0.284 e. The average Bonchev–Trinajstić information content (AvgIpc) is 2.35. The summed E-state index contributed by atoms with van der Waals surface area (Å²) in [6.07, 6.45) is 3.57. The highest BCUT2D eigenvalue weighted by Gasteiger charge is 2.01. The highest BCUT2D eigenvalue weighted by Crippen LogP contribution is 2.22. The quantitative estimate of drug-likeness (QED) is 0.638. The van der Waals surface area contributed by atoms with Crippen molar-refractivity contribution >= 4 is 38.7 Å². The highest BCUT2D eigenvalue weighted by molar-refractivity contribution is 9.08. The van der Waals surface area contributed by atoms with Gasteiger partial charge in [0.15, 0.2) is 0 Å². The Balaban J connectivity index is 2.94. The molecule has 0 fully saturated rings. The third-order valence-electron chi connectivity index (χ3n) is 1.52. The van der Waals surface area contributed by atoms with Gasteiger partial charge in [-0.25, -0.2) is 4.98 Å². The molecule has 0 spiro atoms. The Morgan fingerprint density at radius 2 is 2.27 bits per heavy atom. The molecule has 2 aromatic heterocycles. The van der Waals surface area contributed by atoms with Crippen LogP contribution in [0.3, 0.4) is 0 Å². The van der Waals surface area contributed by atoms with Crippen LogP contribution >= 0.6 is 27.7 Å². The molecule has 4 heteroatoms. The van der Waals surface area contributed by atoms with Gasteiger partial charge in [0.1, 0.15) is 5.15 Å². The number of aromatic nitrogens is 2. The van der Waals surface area contributed by atoms with Crippen LogP contribution in [0.2, 0.25) is 5.15 Å². The van der Waals surface area contributed by atoms with Gasteiger partial charge < -0.3 is 0 Å². The maximum atomic E-state index is 5.83. The molecule has 56 valence electrons. The smallest absolute Gasteiger partial charge is 0.138 e. The summed E-state index contributed by atoms with van der Waals surface area (Å²) in [5.74, 6) is 0. The standard InChI is InChI=1S/C7H4BrClN2/c8-11-4-2-5-6(11)1-3-10-7(5)9/h1-4H. The van der Waals surface area contributed by atoms with Crippen LogP contribution in [0.25, 0.3) is 10.9 Å². The van der Waals surface area contributed by atoms with Gasteiger partial charge in [0.2, 0.25) is 0 Å². The minimum atomic E-state index is 0.542. The van der Waals surface area contributed by atoms with Gasteiger partial charge in [-0.15, -0.1) is 0 Å². The molecule has 0 bridgehead atoms. The first kappa shape index (κ1) is 7.13. The van der Waals surface area contributed by atoms with Gasteiger partial charge in [-0.3, -0.25) is 3.59 Å². The summed E-state index contributed by atoms with van der Waals surface area (Å²) in [5.41, 5.74) is 1.03. The summed E-state index contributed by atoms with van der Waals surface area (Å²) in [6, 6.07) is 3.81. The SMILES string of the molecule is Clc1nccc2c1ccn2Br. The lowest BCUT2D eigenvalue weighted by Crippen LogP contribution is -1.77. The number of fused-ring (bicyclic) bond motifs is 1. The van der Waals surface area contributed by atoms with Crippen molar-refractivity contribution in [3.8, 4) is 0 Å². The van der Waals surface area contributed by atoms with Crippen molar-refractivity contribution in [3.05, 3.63) is 29.7 Å². The molecule has 0 aliphatic heterocycles. The maximum Gasteiger partial charge on any atom is 0.138 e. The Hall–Kier alpha value is -0.540. The van der Waals surface area contributed by atoms with E-state index in [9.17, 15) is 0 Å². The van der Waals surface area contributed by atoms with E-state index in [0.717, 1.165) is 10.9 Å². The number of rotatable bonds is 0. The molecule has 0 aliphatic rings. The third-order valence-corrected chi connectivity index (χ3v) is 2.44. The van der Waals surface area contributed by atoms with E-state index in [1.807, 2.05) is 21.9 Å². The zero-order valence-corrected chi connectivity index (χ0v) is 7.80. The van der Waals surface area contributed by atoms with E-state index in [1.54, 1.807) is 6.20 Å². The zero-order valence-electron chi connectivity index (χ0n) is 5.46. The Morgan fingerprint density at radius 3 is 3.00 bits per heavy atom. The molecule has 0 atom stereocenters. The van der Waals surface area contributed by atoms with E-state index in [2.05, 4.69) is 21.1 Å². The summed E-state index contributed by atoms with van der Waals surface area (Å²) < 4.78 is 1.83. The second kappa shape index (κ2) is 2.50. The molecule has 0 aliphatic carbocycles. The van der Waals surface area contributed by atoms with E-state index in [0.29, 0.717) is 5.15 Å². The Bertz CT molecular complexity index is 396. The summed E-state index contributed by atoms with van der Waals surface area (Å²) in [7, 11) is 0. The first-order valence-electron chi connectivity index (χ1n) is 3.07. The lowest BCUT2D eigenvalue weighted by Gasteiger charge is -1.93. The molecule has 0 N–H and O–H groups in total. The minimum absolute atomic E-state index is 0.542. The lowest BCUT2D eigenvalue weighted by atomic mass is 10.3. The van der Waals surface area contributed by atoms with Crippen LogP contribution in [0.5, 0.6) is 0 Å². The van der Waals surface area contributed by atoms with Crippen molar-refractivity contribution in [2.24, 2.45) is 0 Å². The Labute approximate surface area is 77.1 Å². The fraction of sp³-hybridized carbons (Fsp3) is 0. The van der Waals surface area contributed by atoms with Gasteiger partial charge in [0, 0.05) is 17.8 Å². The maximum absolute atomic E-state index is 5.83. The Morgan fingerprint density at radius 1 is 1.45 bits per heavy atom. The molecule has 11 heavy (non-hydrogen) atoms. The van der Waals surface area contributed by atoms with Crippen molar-refractivity contribution in [1.82, 2.24) is 8.58 Å². The van der Waals surface area contributed by atoms with Crippen LogP contribution in [0.15, 0.2) is 24.5 Å². The monoisotopic (exact) mass is 230 g/mol. The number of pyridine rings is 1. The van der Waals surface area contributed by atoms with E-state index in [-0.39, 0.29) is 0 Å². The lowest BCUT2D eigenvalue weighted by molar-refractivity contribution is 1.34. The fourth-order valence-corrected chi connectivity index (χ4v) is 1.64. The van der Waals surface area contributed by atoms with Crippen molar-refractivity contribution in [2.45, 2.75) is 0 Å². The van der Waals surface area contributed by atoms with Crippen LogP contribution in [0.1, 0.15) is 0 Å². The molecule has 0 unspecified atom stereocenters. The molecular formula is C7H4BrClN2. The van der Waals surface area contributed by atoms with Crippen LogP contribution in [0.4, 0.5) is 0 Å². The summed E-state index contributed by atoms with van der Waals surface area (Å²) in [5, 5.41) is 1.51. The molecule has 2 nitrogen and oxygen atoms in total. The van der Waals surface area contributed by atoms with Crippen LogP contribution in [-0.4, -0.2) is 8.58 Å². The predicted octanol–water partition coefficient (Wildman–Crippen LogP) is 2.85. The van der Waals surface area contributed by atoms with E-state index >= 15 is 0 Å². The minimum Gasteiger partial charge on any atom is -0.284 e. The topological polar surface area (TPSA) is 17.8 Å². The summed E-state index contributed by atoms with van der Waals surface area (Å²) in [6.45, 7) is 0. The molecule has 2 aromatic rings. The fourth-order valence-electron chi connectivity index (χ4n) is 0.999. The van der Waals surface area contributed by atoms with Gasteiger partial charge in [0.25, 0.3) is 0 Å². The van der Waals surface area contributed by atoms with Gasteiger partial charge in [0.05, 0.1) is 21.7 Å². The molecule has 2 rings (SSSR count). The number of hydrogen-bond donors (Lipinski definition) is 0. The van der Waals surface area contributed by atoms with Gasteiger partial charge >= 0.3 is 0 Å². The predicted molar refractivity (Wildman–Crippen MR) is 49.1 cm³/mol. The summed E-state index contributed by atoms with van der Waals surface area (Å²) >= 11 is 9.16. The highest BCUT2D eigenvalue weighted by atomic mass is 79.9. The van der Waals surface area contributed by atoms with Crippen molar-refractivity contribution < 1.29 is 0 Å². The molecule has 0 saturated carbocycles. The molecule has 0 amide bonds. The van der Waals surface area contributed by atoms with Crippen LogP contribution in [0, 0.1) is 0 Å². The molecule has 0 saturated heterocycles. The average molecular weight is 231 g/mol. The normalized spacial score (nSPS) is 10.7.